The first-order valence-corrected chi connectivity index (χ1v) is 18.3. The summed E-state index contributed by atoms with van der Waals surface area (Å²) >= 11 is 9.89. The van der Waals surface area contributed by atoms with Crippen molar-refractivity contribution >= 4 is 53.1 Å². The highest BCUT2D eigenvalue weighted by Gasteiger charge is 2.69. The molecule has 0 bridgehead atoms. The van der Waals surface area contributed by atoms with Crippen LogP contribution >= 0.6 is 27.5 Å². The van der Waals surface area contributed by atoms with Gasteiger partial charge in [0, 0.05) is 46.9 Å². The lowest BCUT2D eigenvalue weighted by atomic mass is 9.56. The Kier molecular flexibility index (Phi) is 8.59. The Morgan fingerprint density at radius 3 is 2.46 bits per heavy atom. The molecule has 210 valence electrons. The summed E-state index contributed by atoms with van der Waals surface area (Å²) in [6.07, 6.45) is 3.99. The van der Waals surface area contributed by atoms with E-state index in [0.29, 0.717) is 17.3 Å². The van der Waals surface area contributed by atoms with Gasteiger partial charge in [-0.25, -0.2) is 0 Å². The van der Waals surface area contributed by atoms with Crippen LogP contribution in [0.5, 0.6) is 0 Å². The van der Waals surface area contributed by atoms with Crippen LogP contribution < -0.4 is 5.32 Å². The van der Waals surface area contributed by atoms with Gasteiger partial charge in [0.05, 0.1) is 14.1 Å². The van der Waals surface area contributed by atoms with E-state index in [-0.39, 0.29) is 35.6 Å². The van der Waals surface area contributed by atoms with Gasteiger partial charge in [0.25, 0.3) is 0 Å². The molecule has 8 heteroatoms. The number of ether oxygens (including phenoxy) is 1. The van der Waals surface area contributed by atoms with Crippen LogP contribution in [-0.4, -0.2) is 50.2 Å². The van der Waals surface area contributed by atoms with E-state index < -0.39 is 13.5 Å². The van der Waals surface area contributed by atoms with Gasteiger partial charge in [-0.3, -0.25) is 9.59 Å². The highest BCUT2D eigenvalue weighted by Crippen LogP contribution is 2.64. The van der Waals surface area contributed by atoms with Crippen LogP contribution in [0.2, 0.25) is 24.7 Å². The molecule has 1 N–H and O–H groups in total. The molecule has 1 spiro atoms. The molecule has 1 saturated carbocycles. The third-order valence-corrected chi connectivity index (χ3v) is 12.3. The van der Waals surface area contributed by atoms with Gasteiger partial charge < -0.3 is 15.0 Å². The lowest BCUT2D eigenvalue weighted by Crippen LogP contribution is -2.66. The smallest absolute Gasteiger partial charge is 0.237 e. The summed E-state index contributed by atoms with van der Waals surface area (Å²) in [7, 11) is 0.798. The Morgan fingerprint density at radius 1 is 1.23 bits per heavy atom. The van der Waals surface area contributed by atoms with E-state index in [2.05, 4.69) is 61.3 Å². The maximum Gasteiger partial charge on any atom is 0.237 e. The third kappa shape index (κ3) is 5.52. The number of anilines is 1. The fourth-order valence-electron chi connectivity index (χ4n) is 6.18. The van der Waals surface area contributed by atoms with Crippen LogP contribution in [0, 0.1) is 5.41 Å². The van der Waals surface area contributed by atoms with E-state index in [9.17, 15) is 9.59 Å². The first kappa shape index (κ1) is 30.0. The number of nitrogens with one attached hydrogen (secondary N) is 1. The van der Waals surface area contributed by atoms with E-state index in [1.807, 2.05) is 47.4 Å². The SMILES string of the molecule is C=CCN1C(=O)CC(c2cccc(Cl)c2)C2(C(=O)Nc3cc(Br)ccc32)C1C1(C)CC1.COC(C)[Si](C)(C)C. The quantitative estimate of drug-likeness (QED) is 0.264. The number of methoxy groups -OCH3 is 1. The van der Waals surface area contributed by atoms with Gasteiger partial charge in [-0.15, -0.1) is 6.58 Å². The molecule has 0 radical (unpaired) electrons. The van der Waals surface area contributed by atoms with Crippen LogP contribution in [0.15, 0.2) is 59.6 Å². The molecule has 3 aliphatic rings. The second-order valence-electron chi connectivity index (χ2n) is 12.5. The van der Waals surface area contributed by atoms with Crippen molar-refractivity contribution in [2.45, 2.75) is 75.9 Å². The normalized spacial score (nSPS) is 25.9. The summed E-state index contributed by atoms with van der Waals surface area (Å²) in [5, 5.41) is 3.76. The van der Waals surface area contributed by atoms with Crippen molar-refractivity contribution in [1.82, 2.24) is 4.90 Å². The van der Waals surface area contributed by atoms with E-state index in [1.54, 1.807) is 13.2 Å². The minimum absolute atomic E-state index is 0.0368. The summed E-state index contributed by atoms with van der Waals surface area (Å²) < 4.78 is 6.09. The van der Waals surface area contributed by atoms with Crippen molar-refractivity contribution in [2.75, 3.05) is 19.0 Å². The second kappa shape index (κ2) is 11.2. The number of nitrogens with zero attached hydrogens (tertiary/aromatic N) is 1. The predicted molar refractivity (Wildman–Crippen MR) is 166 cm³/mol. The number of likely N-dealkylation sites (tertiary alicyclic amines) is 1. The average Bonchev–Trinajstić information content (AvgIpc) is 3.55. The molecule has 1 saturated heterocycles. The molecule has 2 aromatic carbocycles. The Hall–Kier alpha value is -1.93. The van der Waals surface area contributed by atoms with Gasteiger partial charge >= 0.3 is 0 Å². The number of benzene rings is 2. The van der Waals surface area contributed by atoms with E-state index >= 15 is 0 Å². The van der Waals surface area contributed by atoms with Crippen molar-refractivity contribution in [3.8, 4) is 0 Å². The standard InChI is InChI=1S/C25H24BrClN2O2.C6H16OSi/c1-3-11-29-21(30)14-19(15-5-4-6-17(27)12-15)25(22(29)24(2)9-10-24)18-8-7-16(26)13-20(18)28-23(25)31;1-6(7-2)8(3,4)5/h3-8,12-13,19,22H,1,9-11,14H2,2H3,(H,28,31);6H,1-5H3. The van der Waals surface area contributed by atoms with E-state index in [4.69, 9.17) is 16.3 Å². The topological polar surface area (TPSA) is 58.6 Å². The maximum atomic E-state index is 14.0. The Morgan fingerprint density at radius 2 is 1.92 bits per heavy atom. The fraction of sp³-hybridized carbons (Fsp3) is 0.484. The number of amides is 2. The number of hydrogen-bond donors (Lipinski definition) is 1. The Balaban J connectivity index is 0.000000386. The third-order valence-electron chi connectivity index (χ3n) is 8.89. The lowest BCUT2D eigenvalue weighted by molar-refractivity contribution is -0.147. The van der Waals surface area contributed by atoms with Crippen LogP contribution in [0.1, 0.15) is 50.2 Å². The van der Waals surface area contributed by atoms with Gasteiger partial charge in [-0.1, -0.05) is 78.4 Å². The zero-order valence-corrected chi connectivity index (χ0v) is 27.2. The van der Waals surface area contributed by atoms with Gasteiger partial charge in [0.2, 0.25) is 11.8 Å². The van der Waals surface area contributed by atoms with Crippen molar-refractivity contribution in [3.63, 3.8) is 0 Å². The molecule has 5 nitrogen and oxygen atoms in total. The van der Waals surface area contributed by atoms with Crippen molar-refractivity contribution in [2.24, 2.45) is 5.41 Å². The zero-order valence-electron chi connectivity index (χ0n) is 23.8. The molecule has 0 aromatic heterocycles. The Bertz CT molecular complexity index is 1270. The minimum atomic E-state index is -0.983. The van der Waals surface area contributed by atoms with Crippen molar-refractivity contribution in [3.05, 3.63) is 75.7 Å². The molecule has 4 unspecified atom stereocenters. The number of carbonyl (C=O) groups excluding carboxylic acids is 2. The molecule has 2 fully saturated rings. The largest absolute Gasteiger partial charge is 0.385 e. The number of fused-ring (bicyclic) bond motifs is 2. The molecule has 2 aromatic rings. The average molecular weight is 632 g/mol. The van der Waals surface area contributed by atoms with Crippen molar-refractivity contribution < 1.29 is 14.3 Å². The molecule has 2 amide bonds. The summed E-state index contributed by atoms with van der Waals surface area (Å²) in [4.78, 5) is 29.4. The summed E-state index contributed by atoms with van der Waals surface area (Å²) in [6.45, 7) is 15.6. The number of hydrogen-bond acceptors (Lipinski definition) is 3. The molecule has 2 heterocycles. The molecule has 4 atom stereocenters. The first-order chi connectivity index (χ1) is 18.3. The van der Waals surface area contributed by atoms with Gasteiger partial charge in [0.1, 0.15) is 5.41 Å². The molecule has 1 aliphatic carbocycles. The number of carbonyl (C=O) groups is 2. The van der Waals surface area contributed by atoms with Crippen LogP contribution in [0.3, 0.4) is 0 Å². The molecular formula is C31H40BrClN2O3Si. The Labute approximate surface area is 247 Å². The fourth-order valence-corrected chi connectivity index (χ4v) is 7.45. The monoisotopic (exact) mass is 630 g/mol. The number of rotatable bonds is 6. The zero-order chi connectivity index (χ0) is 28.8. The first-order valence-electron chi connectivity index (χ1n) is 13.6. The van der Waals surface area contributed by atoms with Crippen molar-refractivity contribution in [1.29, 1.82) is 0 Å². The van der Waals surface area contributed by atoms with Crippen LogP contribution in [0.25, 0.3) is 0 Å². The number of halogens is 2. The van der Waals surface area contributed by atoms with E-state index in [0.717, 1.165) is 34.1 Å². The predicted octanol–water partition coefficient (Wildman–Crippen LogP) is 7.56. The maximum absolute atomic E-state index is 14.0. The second-order valence-corrected chi connectivity index (χ2v) is 19.4. The summed E-state index contributed by atoms with van der Waals surface area (Å²) in [6, 6.07) is 13.3. The van der Waals surface area contributed by atoms with Crippen LogP contribution in [0.4, 0.5) is 5.69 Å². The van der Waals surface area contributed by atoms with Gasteiger partial charge in [-0.05, 0) is 60.6 Å². The van der Waals surface area contributed by atoms with Gasteiger partial charge in [-0.2, -0.15) is 0 Å². The highest BCUT2D eigenvalue weighted by atomic mass is 79.9. The molecular weight excluding hydrogens is 592 g/mol. The van der Waals surface area contributed by atoms with Crippen LogP contribution in [-0.2, 0) is 19.7 Å². The number of piperidine rings is 1. The van der Waals surface area contributed by atoms with Gasteiger partial charge in [0.15, 0.2) is 0 Å². The summed E-state index contributed by atoms with van der Waals surface area (Å²) in [5.41, 5.74) is 2.19. The minimum Gasteiger partial charge on any atom is -0.385 e. The summed E-state index contributed by atoms with van der Waals surface area (Å²) in [5.74, 6) is -0.276. The molecule has 39 heavy (non-hydrogen) atoms. The molecule has 5 rings (SSSR count). The lowest BCUT2D eigenvalue weighted by Gasteiger charge is -2.53. The highest BCUT2D eigenvalue weighted by molar-refractivity contribution is 9.10. The molecule has 2 aliphatic heterocycles. The van der Waals surface area contributed by atoms with E-state index in [1.165, 1.54) is 0 Å².